The standard InChI is InChI=1S/C55H41NOSi/c1-2-17-36(18-3-1)38-21-16-32-52-54(38)41-34-33-37(35-53(41)58(52)50-30-14-4-19-39(50)40-20-5-15-31-51(40)58)56-46-26-10-6-22-42(46)55(43-23-7-11-27-47(43)56)44-24-8-12-28-48(44)57-49-29-13-9-25-45(49)55/h4-16,19-36H,1-3,17-18H2. The number of fused-ring (bicyclic) bond motifs is 18. The van der Waals surface area contributed by atoms with Gasteiger partial charge < -0.3 is 9.64 Å². The van der Waals surface area contributed by atoms with Crippen molar-refractivity contribution in [2.45, 2.75) is 43.4 Å². The van der Waals surface area contributed by atoms with Crippen molar-refractivity contribution < 1.29 is 4.74 Å². The Morgan fingerprint density at radius 3 is 1.62 bits per heavy atom. The first-order chi connectivity index (χ1) is 28.8. The summed E-state index contributed by atoms with van der Waals surface area (Å²) in [6.45, 7) is 0. The largest absolute Gasteiger partial charge is 0.457 e. The molecule has 0 aromatic heterocycles. The average Bonchev–Trinajstić information content (AvgIpc) is 3.76. The molecule has 1 saturated carbocycles. The van der Waals surface area contributed by atoms with Crippen LogP contribution < -0.4 is 30.4 Å². The van der Waals surface area contributed by atoms with Crippen LogP contribution in [-0.4, -0.2) is 8.07 Å². The van der Waals surface area contributed by atoms with Gasteiger partial charge in [-0.2, -0.15) is 0 Å². The molecule has 8 aromatic rings. The molecule has 2 nitrogen and oxygen atoms in total. The van der Waals surface area contributed by atoms with Gasteiger partial charge in [-0.25, -0.2) is 0 Å². The number of nitrogens with zero attached hydrogens (tertiary/aromatic N) is 1. The molecular formula is C55H41NOSi. The Bertz CT molecular complexity index is 2870. The van der Waals surface area contributed by atoms with E-state index in [1.807, 2.05) is 0 Å². The first kappa shape index (κ1) is 32.6. The van der Waals surface area contributed by atoms with Crippen molar-refractivity contribution in [3.8, 4) is 33.8 Å². The number of para-hydroxylation sites is 4. The molecule has 1 fully saturated rings. The summed E-state index contributed by atoms with van der Waals surface area (Å²) in [5, 5.41) is 6.16. The highest BCUT2D eigenvalue weighted by Crippen LogP contribution is 2.62. The third kappa shape index (κ3) is 4.02. The molecule has 0 N–H and O–H groups in total. The van der Waals surface area contributed by atoms with Gasteiger partial charge in [-0.1, -0.05) is 165 Å². The van der Waals surface area contributed by atoms with Gasteiger partial charge >= 0.3 is 0 Å². The zero-order valence-corrected chi connectivity index (χ0v) is 33.3. The lowest BCUT2D eigenvalue weighted by atomic mass is 9.61. The molecule has 0 saturated heterocycles. The van der Waals surface area contributed by atoms with E-state index in [2.05, 4.69) is 187 Å². The molecule has 58 heavy (non-hydrogen) atoms. The van der Waals surface area contributed by atoms with Crippen LogP contribution in [0.25, 0.3) is 22.3 Å². The fourth-order valence-corrected chi connectivity index (χ4v) is 17.9. The van der Waals surface area contributed by atoms with Crippen LogP contribution in [-0.2, 0) is 5.41 Å². The van der Waals surface area contributed by atoms with Crippen LogP contribution in [0, 0.1) is 0 Å². The van der Waals surface area contributed by atoms with Gasteiger partial charge in [0.1, 0.15) is 11.5 Å². The van der Waals surface area contributed by atoms with Gasteiger partial charge in [-0.3, -0.25) is 0 Å². The van der Waals surface area contributed by atoms with Gasteiger partial charge in [0.2, 0.25) is 0 Å². The normalized spacial score (nSPS) is 16.9. The van der Waals surface area contributed by atoms with E-state index in [-0.39, 0.29) is 0 Å². The maximum Gasteiger partial charge on any atom is 0.182 e. The molecule has 5 aliphatic rings. The molecule has 276 valence electrons. The van der Waals surface area contributed by atoms with E-state index in [9.17, 15) is 0 Å². The van der Waals surface area contributed by atoms with Gasteiger partial charge in [0.15, 0.2) is 8.07 Å². The minimum absolute atomic E-state index is 0.559. The topological polar surface area (TPSA) is 12.5 Å². The Balaban J connectivity index is 1.11. The maximum atomic E-state index is 6.68. The van der Waals surface area contributed by atoms with Gasteiger partial charge in [0.25, 0.3) is 0 Å². The molecule has 13 rings (SSSR count). The summed E-state index contributed by atoms with van der Waals surface area (Å²) in [6.07, 6.45) is 6.57. The molecule has 0 radical (unpaired) electrons. The Labute approximate surface area is 341 Å². The second-order valence-electron chi connectivity index (χ2n) is 16.9. The van der Waals surface area contributed by atoms with Crippen molar-refractivity contribution >= 4 is 45.9 Å². The first-order valence-corrected chi connectivity index (χ1v) is 23.1. The van der Waals surface area contributed by atoms with Crippen LogP contribution in [0.4, 0.5) is 17.1 Å². The monoisotopic (exact) mass is 759 g/mol. The number of hydrogen-bond acceptors (Lipinski definition) is 2. The van der Waals surface area contributed by atoms with Crippen LogP contribution in [0.2, 0.25) is 0 Å². The minimum Gasteiger partial charge on any atom is -0.457 e. The van der Waals surface area contributed by atoms with E-state index < -0.39 is 13.5 Å². The van der Waals surface area contributed by atoms with Crippen LogP contribution in [0.1, 0.15) is 65.8 Å². The molecular weight excluding hydrogens is 719 g/mol. The van der Waals surface area contributed by atoms with Crippen LogP contribution in [0.5, 0.6) is 11.5 Å². The van der Waals surface area contributed by atoms with Crippen LogP contribution in [0.15, 0.2) is 182 Å². The summed E-state index contributed by atoms with van der Waals surface area (Å²) < 4.78 is 6.68. The van der Waals surface area contributed by atoms with Crippen molar-refractivity contribution in [3.05, 3.63) is 210 Å². The molecule has 1 aliphatic carbocycles. The Morgan fingerprint density at radius 2 is 0.983 bits per heavy atom. The van der Waals surface area contributed by atoms with E-state index in [0.717, 1.165) is 11.5 Å². The highest BCUT2D eigenvalue weighted by Gasteiger charge is 2.56. The fourth-order valence-electron chi connectivity index (χ4n) is 12.2. The highest BCUT2D eigenvalue weighted by molar-refractivity contribution is 7.24. The SMILES string of the molecule is c1ccc2c(c1)Oc1ccccc1C21c2ccccc2N(c2ccc3c(c2)[Si]2(c4ccccc4-c4ccccc42)c2cccc(C4CCCCC4)c2-3)c2ccccc21. The smallest absolute Gasteiger partial charge is 0.182 e. The van der Waals surface area contributed by atoms with Gasteiger partial charge in [0, 0.05) is 16.8 Å². The van der Waals surface area contributed by atoms with E-state index in [0.29, 0.717) is 5.92 Å². The van der Waals surface area contributed by atoms with E-state index >= 15 is 0 Å². The third-order valence-corrected chi connectivity index (χ3v) is 19.3. The zero-order chi connectivity index (χ0) is 38.0. The number of rotatable bonds is 2. The van der Waals surface area contributed by atoms with Crippen molar-refractivity contribution in [3.63, 3.8) is 0 Å². The van der Waals surface area contributed by atoms with E-state index in [1.54, 1.807) is 10.8 Å². The number of anilines is 3. The third-order valence-electron chi connectivity index (χ3n) is 14.3. The lowest BCUT2D eigenvalue weighted by Gasteiger charge is -2.48. The number of ether oxygens (including phenoxy) is 1. The van der Waals surface area contributed by atoms with E-state index in [4.69, 9.17) is 4.74 Å². The van der Waals surface area contributed by atoms with Gasteiger partial charge in [-0.05, 0) is 115 Å². The molecule has 8 aromatic carbocycles. The Morgan fingerprint density at radius 1 is 0.448 bits per heavy atom. The summed E-state index contributed by atoms with van der Waals surface area (Å²) in [5.74, 6) is 2.43. The quantitative estimate of drug-likeness (QED) is 0.163. The predicted octanol–water partition coefficient (Wildman–Crippen LogP) is 11.3. The summed E-state index contributed by atoms with van der Waals surface area (Å²) in [5.41, 5.74) is 15.3. The van der Waals surface area contributed by atoms with Crippen LogP contribution in [0.3, 0.4) is 0 Å². The van der Waals surface area contributed by atoms with Crippen molar-refractivity contribution in [2.24, 2.45) is 0 Å². The van der Waals surface area contributed by atoms with Crippen molar-refractivity contribution in [2.75, 3.05) is 4.90 Å². The lowest BCUT2D eigenvalue weighted by Crippen LogP contribution is -2.70. The number of benzene rings is 8. The zero-order valence-electron chi connectivity index (χ0n) is 32.3. The second-order valence-corrected chi connectivity index (χ2v) is 20.5. The average molecular weight is 760 g/mol. The molecule has 3 heteroatoms. The molecule has 4 aliphatic heterocycles. The summed E-state index contributed by atoms with van der Waals surface area (Å²) >= 11 is 0. The predicted molar refractivity (Wildman–Crippen MR) is 240 cm³/mol. The summed E-state index contributed by atoms with van der Waals surface area (Å²) in [7, 11) is -2.70. The van der Waals surface area contributed by atoms with E-state index in [1.165, 1.54) is 109 Å². The molecule has 0 atom stereocenters. The molecule has 2 spiro atoms. The van der Waals surface area contributed by atoms with Crippen molar-refractivity contribution in [1.82, 2.24) is 0 Å². The van der Waals surface area contributed by atoms with Gasteiger partial charge in [-0.15, -0.1) is 0 Å². The molecule has 0 amide bonds. The minimum atomic E-state index is -2.70. The molecule has 0 bridgehead atoms. The lowest BCUT2D eigenvalue weighted by molar-refractivity contribution is 0.434. The fraction of sp³-hybridized carbons (Fsp3) is 0.127. The summed E-state index contributed by atoms with van der Waals surface area (Å²) in [6, 6.07) is 69.3. The second kappa shape index (κ2) is 12.0. The highest BCUT2D eigenvalue weighted by atomic mass is 28.3. The number of hydrogen-bond donors (Lipinski definition) is 0. The molecule has 0 unspecified atom stereocenters. The van der Waals surface area contributed by atoms with Crippen LogP contribution >= 0.6 is 0 Å². The molecule has 4 heterocycles. The Hall–Kier alpha value is -6.42. The first-order valence-electron chi connectivity index (χ1n) is 21.1. The van der Waals surface area contributed by atoms with Crippen molar-refractivity contribution in [1.29, 1.82) is 0 Å². The maximum absolute atomic E-state index is 6.68. The summed E-state index contributed by atoms with van der Waals surface area (Å²) in [4.78, 5) is 2.57. The Kier molecular flexibility index (Phi) is 6.78. The van der Waals surface area contributed by atoms with Gasteiger partial charge in [0.05, 0.1) is 16.8 Å².